The van der Waals surface area contributed by atoms with E-state index in [-0.39, 0.29) is 11.6 Å². The van der Waals surface area contributed by atoms with Crippen LogP contribution in [0.15, 0.2) is 53.4 Å². The molecule has 0 aliphatic heterocycles. The quantitative estimate of drug-likeness (QED) is 0.428. The minimum atomic E-state index is -0.309. The molecule has 20 heavy (non-hydrogen) atoms. The van der Waals surface area contributed by atoms with Crippen LogP contribution in [-0.4, -0.2) is 11.5 Å². The summed E-state index contributed by atoms with van der Waals surface area (Å²) in [5, 5.41) is 0. The Hall–Kier alpha value is -1.61. The zero-order valence-electron chi connectivity index (χ0n) is 11.4. The average Bonchev–Trinajstić information content (AvgIpc) is 2.46. The largest absolute Gasteiger partial charge is 0.294 e. The maximum atomic E-state index is 12.8. The fourth-order valence-electron chi connectivity index (χ4n) is 1.91. The van der Waals surface area contributed by atoms with Crippen LogP contribution in [0.1, 0.15) is 28.8 Å². The van der Waals surface area contributed by atoms with E-state index in [0.29, 0.717) is 12.0 Å². The number of thioether (sulfide) groups is 1. The lowest BCUT2D eigenvalue weighted by molar-refractivity contribution is 0.0982. The standard InChI is InChI=1S/C17H17FOS/c1-13-5-2-3-7-17(13)20-12-4-6-16(19)14-8-10-15(18)11-9-14/h2-3,5,7-11H,4,6,12H2,1H3. The fourth-order valence-corrected chi connectivity index (χ4v) is 2.89. The van der Waals surface area contributed by atoms with Crippen LogP contribution in [0.4, 0.5) is 4.39 Å². The smallest absolute Gasteiger partial charge is 0.162 e. The highest BCUT2D eigenvalue weighted by molar-refractivity contribution is 7.99. The number of carbonyl (C=O) groups excluding carboxylic acids is 1. The Morgan fingerprint density at radius 2 is 1.80 bits per heavy atom. The van der Waals surface area contributed by atoms with Crippen molar-refractivity contribution in [3.05, 3.63) is 65.5 Å². The van der Waals surface area contributed by atoms with Gasteiger partial charge in [0.15, 0.2) is 5.78 Å². The molecule has 0 aliphatic carbocycles. The molecule has 0 spiro atoms. The van der Waals surface area contributed by atoms with Gasteiger partial charge in [-0.05, 0) is 55.0 Å². The highest BCUT2D eigenvalue weighted by atomic mass is 32.2. The van der Waals surface area contributed by atoms with Gasteiger partial charge in [0.25, 0.3) is 0 Å². The first-order chi connectivity index (χ1) is 9.66. The molecule has 0 bridgehead atoms. The molecule has 2 aromatic rings. The second-order valence-electron chi connectivity index (χ2n) is 4.65. The summed E-state index contributed by atoms with van der Waals surface area (Å²) in [7, 11) is 0. The summed E-state index contributed by atoms with van der Waals surface area (Å²) in [5.74, 6) is 0.685. The molecule has 0 radical (unpaired) electrons. The summed E-state index contributed by atoms with van der Waals surface area (Å²) in [6, 6.07) is 14.0. The predicted molar refractivity (Wildman–Crippen MR) is 81.9 cm³/mol. The van der Waals surface area contributed by atoms with Crippen molar-refractivity contribution in [3.8, 4) is 0 Å². The van der Waals surface area contributed by atoms with E-state index in [1.165, 1.54) is 22.6 Å². The minimum Gasteiger partial charge on any atom is -0.294 e. The van der Waals surface area contributed by atoms with Gasteiger partial charge in [-0.2, -0.15) is 0 Å². The van der Waals surface area contributed by atoms with Crippen molar-refractivity contribution in [3.63, 3.8) is 0 Å². The number of halogens is 1. The van der Waals surface area contributed by atoms with Crippen LogP contribution in [-0.2, 0) is 0 Å². The van der Waals surface area contributed by atoms with Gasteiger partial charge in [0.05, 0.1) is 0 Å². The number of Topliss-reactive ketones (excluding diaryl/α,β-unsaturated/α-hetero) is 1. The van der Waals surface area contributed by atoms with Gasteiger partial charge in [-0.1, -0.05) is 18.2 Å². The van der Waals surface area contributed by atoms with E-state index in [0.717, 1.165) is 12.2 Å². The second kappa shape index (κ2) is 7.25. The monoisotopic (exact) mass is 288 g/mol. The van der Waals surface area contributed by atoms with Crippen molar-refractivity contribution in [1.82, 2.24) is 0 Å². The Kier molecular flexibility index (Phi) is 5.36. The third-order valence-corrected chi connectivity index (χ3v) is 4.33. The molecule has 0 N–H and O–H groups in total. The number of hydrogen-bond donors (Lipinski definition) is 0. The summed E-state index contributed by atoms with van der Waals surface area (Å²) in [5.41, 5.74) is 1.86. The minimum absolute atomic E-state index is 0.0791. The molecule has 0 aromatic heterocycles. The molecular weight excluding hydrogens is 271 g/mol. The normalized spacial score (nSPS) is 10.5. The molecule has 3 heteroatoms. The average molecular weight is 288 g/mol. The fraction of sp³-hybridized carbons (Fsp3) is 0.235. The van der Waals surface area contributed by atoms with Gasteiger partial charge in [0.1, 0.15) is 5.82 Å². The lowest BCUT2D eigenvalue weighted by Crippen LogP contribution is -1.99. The Labute approximate surface area is 123 Å². The molecule has 0 atom stereocenters. The van der Waals surface area contributed by atoms with Crippen molar-refractivity contribution in [2.24, 2.45) is 0 Å². The van der Waals surface area contributed by atoms with Crippen molar-refractivity contribution in [2.75, 3.05) is 5.75 Å². The SMILES string of the molecule is Cc1ccccc1SCCCC(=O)c1ccc(F)cc1. The Morgan fingerprint density at radius 1 is 1.10 bits per heavy atom. The maximum absolute atomic E-state index is 12.8. The molecule has 0 fully saturated rings. The second-order valence-corrected chi connectivity index (χ2v) is 5.78. The van der Waals surface area contributed by atoms with Crippen LogP contribution in [0.5, 0.6) is 0 Å². The predicted octanol–water partition coefficient (Wildman–Crippen LogP) is 4.89. The van der Waals surface area contributed by atoms with E-state index < -0.39 is 0 Å². The first-order valence-electron chi connectivity index (χ1n) is 6.64. The molecule has 104 valence electrons. The van der Waals surface area contributed by atoms with Crippen LogP contribution in [0, 0.1) is 12.7 Å². The Balaban J connectivity index is 1.77. The first kappa shape index (κ1) is 14.8. The van der Waals surface area contributed by atoms with Gasteiger partial charge >= 0.3 is 0 Å². The lowest BCUT2D eigenvalue weighted by atomic mass is 10.1. The summed E-state index contributed by atoms with van der Waals surface area (Å²) in [6.07, 6.45) is 1.33. The van der Waals surface area contributed by atoms with Gasteiger partial charge < -0.3 is 0 Å². The maximum Gasteiger partial charge on any atom is 0.162 e. The van der Waals surface area contributed by atoms with Crippen molar-refractivity contribution in [2.45, 2.75) is 24.7 Å². The number of carbonyl (C=O) groups is 1. The molecule has 2 aromatic carbocycles. The third-order valence-electron chi connectivity index (χ3n) is 3.07. The van der Waals surface area contributed by atoms with Gasteiger partial charge in [-0.3, -0.25) is 4.79 Å². The molecule has 0 aliphatic rings. The first-order valence-corrected chi connectivity index (χ1v) is 7.62. The van der Waals surface area contributed by atoms with Crippen molar-refractivity contribution in [1.29, 1.82) is 0 Å². The van der Waals surface area contributed by atoms with Crippen molar-refractivity contribution < 1.29 is 9.18 Å². The third kappa shape index (κ3) is 4.20. The molecule has 0 saturated carbocycles. The molecule has 0 heterocycles. The van der Waals surface area contributed by atoms with E-state index in [2.05, 4.69) is 19.1 Å². The highest BCUT2D eigenvalue weighted by Crippen LogP contribution is 2.23. The van der Waals surface area contributed by atoms with Crippen LogP contribution in [0.25, 0.3) is 0 Å². The summed E-state index contributed by atoms with van der Waals surface area (Å²) >= 11 is 1.77. The Morgan fingerprint density at radius 3 is 2.50 bits per heavy atom. The number of aryl methyl sites for hydroxylation is 1. The van der Waals surface area contributed by atoms with E-state index >= 15 is 0 Å². The Bertz CT molecular complexity index is 578. The number of ketones is 1. The number of hydrogen-bond acceptors (Lipinski definition) is 2. The number of rotatable bonds is 6. The van der Waals surface area contributed by atoms with Crippen LogP contribution in [0.3, 0.4) is 0 Å². The van der Waals surface area contributed by atoms with Crippen LogP contribution in [0.2, 0.25) is 0 Å². The zero-order valence-corrected chi connectivity index (χ0v) is 12.3. The lowest BCUT2D eigenvalue weighted by Gasteiger charge is -2.05. The molecular formula is C17H17FOS. The van der Waals surface area contributed by atoms with Crippen LogP contribution < -0.4 is 0 Å². The summed E-state index contributed by atoms with van der Waals surface area (Å²) in [4.78, 5) is 13.2. The zero-order chi connectivity index (χ0) is 14.4. The highest BCUT2D eigenvalue weighted by Gasteiger charge is 2.06. The molecule has 1 nitrogen and oxygen atoms in total. The molecule has 0 unspecified atom stereocenters. The van der Waals surface area contributed by atoms with Gasteiger partial charge in [-0.15, -0.1) is 11.8 Å². The van der Waals surface area contributed by atoms with E-state index in [1.807, 2.05) is 12.1 Å². The topological polar surface area (TPSA) is 17.1 Å². The summed E-state index contributed by atoms with van der Waals surface area (Å²) in [6.45, 7) is 2.09. The van der Waals surface area contributed by atoms with Gasteiger partial charge in [0.2, 0.25) is 0 Å². The molecule has 2 rings (SSSR count). The number of benzene rings is 2. The van der Waals surface area contributed by atoms with Gasteiger partial charge in [-0.25, -0.2) is 4.39 Å². The van der Waals surface area contributed by atoms with Crippen molar-refractivity contribution >= 4 is 17.5 Å². The van der Waals surface area contributed by atoms with E-state index in [9.17, 15) is 9.18 Å². The summed E-state index contributed by atoms with van der Waals surface area (Å²) < 4.78 is 12.8. The van der Waals surface area contributed by atoms with Gasteiger partial charge in [0, 0.05) is 16.9 Å². The molecule has 0 amide bonds. The van der Waals surface area contributed by atoms with E-state index in [4.69, 9.17) is 0 Å². The van der Waals surface area contributed by atoms with Crippen LogP contribution >= 0.6 is 11.8 Å². The molecule has 0 saturated heterocycles. The van der Waals surface area contributed by atoms with E-state index in [1.54, 1.807) is 23.9 Å².